The highest BCUT2D eigenvalue weighted by atomic mass is 32.2. The first-order valence-electron chi connectivity index (χ1n) is 6.39. The summed E-state index contributed by atoms with van der Waals surface area (Å²) in [6.45, 7) is 5.30. The van der Waals surface area contributed by atoms with Gasteiger partial charge in [-0.1, -0.05) is 13.8 Å². The zero-order valence-electron chi connectivity index (χ0n) is 12.1. The van der Waals surface area contributed by atoms with Crippen LogP contribution in [0.3, 0.4) is 0 Å². The van der Waals surface area contributed by atoms with Crippen molar-refractivity contribution in [1.82, 2.24) is 4.72 Å². The van der Waals surface area contributed by atoms with Gasteiger partial charge in [-0.15, -0.1) is 0 Å². The summed E-state index contributed by atoms with van der Waals surface area (Å²) in [7, 11) is -4.36. The largest absolute Gasteiger partial charge is 0.329 e. The quantitative estimate of drug-likeness (QED) is 0.788. The third kappa shape index (κ3) is 4.42. The van der Waals surface area contributed by atoms with E-state index in [1.54, 1.807) is 6.92 Å². The van der Waals surface area contributed by atoms with Gasteiger partial charge in [-0.05, 0) is 25.3 Å². The molecule has 0 saturated carbocycles. The Labute approximate surface area is 122 Å². The molecule has 0 aromatic heterocycles. The Bertz CT molecular complexity index is 620. The molecule has 8 heteroatoms. The molecular weight excluding hydrogens is 305 g/mol. The maximum atomic E-state index is 13.6. The van der Waals surface area contributed by atoms with Crippen LogP contribution in [0.1, 0.15) is 27.2 Å². The molecule has 0 aliphatic heterocycles. The minimum Gasteiger partial charge on any atom is -0.329 e. The summed E-state index contributed by atoms with van der Waals surface area (Å²) in [6, 6.07) is 0.519. The van der Waals surface area contributed by atoms with Crippen LogP contribution in [-0.4, -0.2) is 20.5 Å². The van der Waals surface area contributed by atoms with Crippen LogP contribution >= 0.6 is 0 Å². The Balaban J connectivity index is 3.20. The number of nitrogens with one attached hydrogen (secondary N) is 1. The lowest BCUT2D eigenvalue weighted by molar-refractivity contribution is 0.344. The van der Waals surface area contributed by atoms with E-state index in [1.807, 2.05) is 13.8 Å². The normalized spacial score (nSPS) is 15.2. The van der Waals surface area contributed by atoms with Crippen LogP contribution in [-0.2, 0) is 10.0 Å². The van der Waals surface area contributed by atoms with Gasteiger partial charge in [0.2, 0.25) is 10.0 Å². The lowest BCUT2D eigenvalue weighted by Crippen LogP contribution is -2.52. The molecule has 1 aromatic rings. The Morgan fingerprint density at radius 3 is 2.19 bits per heavy atom. The Kier molecular flexibility index (Phi) is 5.40. The molecule has 0 saturated heterocycles. The van der Waals surface area contributed by atoms with E-state index < -0.39 is 37.9 Å². The van der Waals surface area contributed by atoms with Gasteiger partial charge >= 0.3 is 0 Å². The molecule has 0 radical (unpaired) electrons. The van der Waals surface area contributed by atoms with E-state index >= 15 is 0 Å². The van der Waals surface area contributed by atoms with Crippen molar-refractivity contribution in [1.29, 1.82) is 0 Å². The van der Waals surface area contributed by atoms with Crippen LogP contribution in [0.15, 0.2) is 17.0 Å². The molecule has 3 N–H and O–H groups in total. The average molecular weight is 324 g/mol. The van der Waals surface area contributed by atoms with Crippen molar-refractivity contribution >= 4 is 10.0 Å². The molecule has 0 aliphatic carbocycles. The number of sulfonamides is 1. The maximum absolute atomic E-state index is 13.6. The second kappa shape index (κ2) is 6.33. The second-order valence-corrected chi connectivity index (χ2v) is 7.32. The fourth-order valence-electron chi connectivity index (χ4n) is 2.16. The summed E-state index contributed by atoms with van der Waals surface area (Å²) in [5.74, 6) is -4.10. The molecule has 21 heavy (non-hydrogen) atoms. The number of nitrogens with two attached hydrogens (primary N) is 1. The van der Waals surface area contributed by atoms with Crippen LogP contribution < -0.4 is 10.5 Å². The van der Waals surface area contributed by atoms with Crippen LogP contribution in [0, 0.1) is 23.4 Å². The number of rotatable bonds is 6. The van der Waals surface area contributed by atoms with Crippen molar-refractivity contribution in [2.24, 2.45) is 11.7 Å². The molecule has 0 aliphatic rings. The van der Waals surface area contributed by atoms with E-state index in [4.69, 9.17) is 5.73 Å². The monoisotopic (exact) mass is 324 g/mol. The third-order valence-corrected chi connectivity index (χ3v) is 4.61. The summed E-state index contributed by atoms with van der Waals surface area (Å²) in [4.78, 5) is -0.940. The molecule has 0 fully saturated rings. The van der Waals surface area contributed by atoms with Gasteiger partial charge in [-0.2, -0.15) is 0 Å². The van der Waals surface area contributed by atoms with Gasteiger partial charge in [-0.25, -0.2) is 26.3 Å². The van der Waals surface area contributed by atoms with Gasteiger partial charge in [-0.3, -0.25) is 0 Å². The third-order valence-electron chi connectivity index (χ3n) is 2.95. The first-order chi connectivity index (χ1) is 9.50. The molecule has 0 bridgehead atoms. The van der Waals surface area contributed by atoms with E-state index in [1.165, 1.54) is 0 Å². The fourth-order valence-corrected chi connectivity index (χ4v) is 3.66. The van der Waals surface area contributed by atoms with Crippen molar-refractivity contribution < 1.29 is 21.6 Å². The van der Waals surface area contributed by atoms with Crippen LogP contribution in [0.4, 0.5) is 13.2 Å². The maximum Gasteiger partial charge on any atom is 0.244 e. The van der Waals surface area contributed by atoms with E-state index in [0.29, 0.717) is 12.5 Å². The molecule has 120 valence electrons. The number of benzene rings is 1. The van der Waals surface area contributed by atoms with Crippen LogP contribution in [0.2, 0.25) is 0 Å². The highest BCUT2D eigenvalue weighted by Crippen LogP contribution is 2.22. The molecule has 0 spiro atoms. The van der Waals surface area contributed by atoms with E-state index in [-0.39, 0.29) is 18.5 Å². The van der Waals surface area contributed by atoms with E-state index in [2.05, 4.69) is 4.72 Å². The topological polar surface area (TPSA) is 72.2 Å². The predicted molar refractivity (Wildman–Crippen MR) is 73.6 cm³/mol. The minimum atomic E-state index is -4.36. The second-order valence-electron chi connectivity index (χ2n) is 5.66. The summed E-state index contributed by atoms with van der Waals surface area (Å²) in [5, 5.41) is 0. The zero-order chi connectivity index (χ0) is 16.4. The Morgan fingerprint density at radius 2 is 1.71 bits per heavy atom. The van der Waals surface area contributed by atoms with Crippen molar-refractivity contribution in [3.63, 3.8) is 0 Å². The van der Waals surface area contributed by atoms with Gasteiger partial charge in [0.25, 0.3) is 0 Å². The first-order valence-corrected chi connectivity index (χ1v) is 7.87. The van der Waals surface area contributed by atoms with Crippen molar-refractivity contribution in [3.05, 3.63) is 29.6 Å². The van der Waals surface area contributed by atoms with Gasteiger partial charge in [0.05, 0.1) is 0 Å². The predicted octanol–water partition coefficient (Wildman–Crippen LogP) is 2.15. The number of hydrogen-bond acceptors (Lipinski definition) is 3. The standard InChI is InChI=1S/C13H19F3N2O2S/c1-8(2)6-13(3,7-17)18-21(19,20)12-5-10(15)9(14)4-11(12)16/h4-5,8,18H,6-7,17H2,1-3H3. The summed E-state index contributed by atoms with van der Waals surface area (Å²) in [5.41, 5.74) is 4.57. The van der Waals surface area contributed by atoms with Gasteiger partial charge < -0.3 is 5.73 Å². The SMILES string of the molecule is CC(C)CC(C)(CN)NS(=O)(=O)c1cc(F)c(F)cc1F. The van der Waals surface area contributed by atoms with Gasteiger partial charge in [0, 0.05) is 18.2 Å². The molecule has 4 nitrogen and oxygen atoms in total. The highest BCUT2D eigenvalue weighted by Gasteiger charge is 2.32. The molecule has 1 aromatic carbocycles. The zero-order valence-corrected chi connectivity index (χ0v) is 12.9. The fraction of sp³-hybridized carbons (Fsp3) is 0.538. The minimum absolute atomic E-state index is 0.0181. The Morgan fingerprint density at radius 1 is 1.19 bits per heavy atom. The van der Waals surface area contributed by atoms with Crippen LogP contribution in [0.5, 0.6) is 0 Å². The Hall–Kier alpha value is -1.12. The molecule has 1 rings (SSSR count). The molecular formula is C13H19F3N2O2S. The average Bonchev–Trinajstić information content (AvgIpc) is 2.31. The van der Waals surface area contributed by atoms with E-state index in [9.17, 15) is 21.6 Å². The number of halogens is 3. The number of hydrogen-bond donors (Lipinski definition) is 2. The highest BCUT2D eigenvalue weighted by molar-refractivity contribution is 7.89. The van der Waals surface area contributed by atoms with Gasteiger partial charge in [0.1, 0.15) is 10.7 Å². The lowest BCUT2D eigenvalue weighted by Gasteiger charge is -2.30. The van der Waals surface area contributed by atoms with Gasteiger partial charge in [0.15, 0.2) is 11.6 Å². The van der Waals surface area contributed by atoms with Crippen molar-refractivity contribution in [2.45, 2.75) is 37.6 Å². The molecule has 1 unspecified atom stereocenters. The molecule has 0 amide bonds. The summed E-state index contributed by atoms with van der Waals surface area (Å²) >= 11 is 0. The molecule has 1 atom stereocenters. The van der Waals surface area contributed by atoms with Crippen molar-refractivity contribution in [2.75, 3.05) is 6.54 Å². The summed E-state index contributed by atoms with van der Waals surface area (Å²) < 4.78 is 66.3. The molecule has 0 heterocycles. The smallest absolute Gasteiger partial charge is 0.244 e. The first kappa shape index (κ1) is 17.9. The van der Waals surface area contributed by atoms with Crippen LogP contribution in [0.25, 0.3) is 0 Å². The summed E-state index contributed by atoms with van der Waals surface area (Å²) in [6.07, 6.45) is 0.411. The van der Waals surface area contributed by atoms with E-state index in [0.717, 1.165) is 0 Å². The lowest BCUT2D eigenvalue weighted by atomic mass is 9.92. The van der Waals surface area contributed by atoms with Crippen molar-refractivity contribution in [3.8, 4) is 0 Å².